The lowest BCUT2D eigenvalue weighted by Crippen LogP contribution is -2.38. The Morgan fingerprint density at radius 1 is 0.825 bits per heavy atom. The first-order valence-corrected chi connectivity index (χ1v) is 15.2. The van der Waals surface area contributed by atoms with Crippen LogP contribution in [-0.4, -0.2) is 36.4 Å². The molecule has 1 amide bonds. The largest absolute Gasteiger partial charge is 0.497 e. The summed E-state index contributed by atoms with van der Waals surface area (Å²) in [6.07, 6.45) is 0. The van der Waals surface area contributed by atoms with Crippen molar-refractivity contribution in [2.45, 2.75) is 16.7 Å². The van der Waals surface area contributed by atoms with Gasteiger partial charge in [-0.25, -0.2) is 16.8 Å². The second-order valence-electron chi connectivity index (χ2n) is 8.71. The van der Waals surface area contributed by atoms with E-state index in [1.54, 1.807) is 42.5 Å². The zero-order valence-electron chi connectivity index (χ0n) is 21.5. The number of nitrogens with one attached hydrogen (secondary N) is 2. The molecule has 0 aliphatic heterocycles. The lowest BCUT2D eigenvalue weighted by molar-refractivity contribution is -0.114. The molecule has 0 saturated carbocycles. The van der Waals surface area contributed by atoms with E-state index < -0.39 is 32.5 Å². The van der Waals surface area contributed by atoms with Gasteiger partial charge in [-0.2, -0.15) is 0 Å². The third kappa shape index (κ3) is 6.92. The van der Waals surface area contributed by atoms with Crippen LogP contribution in [0.2, 0.25) is 5.02 Å². The minimum absolute atomic E-state index is 0.0245. The van der Waals surface area contributed by atoms with Crippen molar-refractivity contribution >= 4 is 54.6 Å². The number of rotatable bonds is 10. The third-order valence-electron chi connectivity index (χ3n) is 5.78. The van der Waals surface area contributed by atoms with Gasteiger partial charge in [-0.1, -0.05) is 35.4 Å². The highest BCUT2D eigenvalue weighted by molar-refractivity contribution is 7.93. The van der Waals surface area contributed by atoms with Crippen molar-refractivity contribution in [3.8, 4) is 5.75 Å². The summed E-state index contributed by atoms with van der Waals surface area (Å²) in [7, 11) is -6.55. The van der Waals surface area contributed by atoms with Gasteiger partial charge in [-0.15, -0.1) is 0 Å². The number of carbonyl (C=O) groups is 1. The van der Waals surface area contributed by atoms with Gasteiger partial charge in [-0.3, -0.25) is 13.8 Å². The predicted molar refractivity (Wildman–Crippen MR) is 156 cm³/mol. The van der Waals surface area contributed by atoms with Crippen LogP contribution in [0.15, 0.2) is 107 Å². The summed E-state index contributed by atoms with van der Waals surface area (Å²) in [5.74, 6) is -0.209. The maximum absolute atomic E-state index is 13.6. The monoisotopic (exact) mass is 599 g/mol. The van der Waals surface area contributed by atoms with Gasteiger partial charge in [0.2, 0.25) is 5.91 Å². The van der Waals surface area contributed by atoms with Crippen LogP contribution in [0.4, 0.5) is 17.1 Å². The highest BCUT2D eigenvalue weighted by Crippen LogP contribution is 2.27. The Kier molecular flexibility index (Phi) is 8.67. The minimum atomic E-state index is -4.12. The molecule has 0 saturated heterocycles. The van der Waals surface area contributed by atoms with Crippen molar-refractivity contribution in [2.75, 3.05) is 28.0 Å². The SMILES string of the molecule is COc1cccc(N(CC(=O)Nc2ccc(S(=O)(=O)Nc3ccc(Cl)cc3)cc2)S(=O)(=O)c2ccc(C)cc2)c1. The van der Waals surface area contributed by atoms with E-state index in [9.17, 15) is 21.6 Å². The second-order valence-corrected chi connectivity index (χ2v) is 12.7. The number of ether oxygens (including phenoxy) is 1. The summed E-state index contributed by atoms with van der Waals surface area (Å²) in [6.45, 7) is 1.30. The summed E-state index contributed by atoms with van der Waals surface area (Å²) in [5.41, 5.74) is 1.76. The van der Waals surface area contributed by atoms with E-state index in [4.69, 9.17) is 16.3 Å². The molecule has 0 aliphatic rings. The molecule has 0 atom stereocenters. The van der Waals surface area contributed by atoms with Crippen LogP contribution >= 0.6 is 11.6 Å². The van der Waals surface area contributed by atoms with E-state index in [0.29, 0.717) is 16.5 Å². The Hall–Kier alpha value is -4.06. The van der Waals surface area contributed by atoms with Gasteiger partial charge in [0.25, 0.3) is 20.0 Å². The van der Waals surface area contributed by atoms with Crippen molar-refractivity contribution in [3.63, 3.8) is 0 Å². The standard InChI is InChI=1S/C28H26ClN3O6S2/c1-20-6-14-27(15-7-20)40(36,37)32(24-4-3-5-25(18-24)38-2)19-28(33)30-22-12-16-26(17-13-22)39(34,35)31-23-10-8-21(29)9-11-23/h3-18,31H,19H2,1-2H3,(H,30,33). The molecular formula is C28H26ClN3O6S2. The number of methoxy groups -OCH3 is 1. The fourth-order valence-electron chi connectivity index (χ4n) is 3.70. The third-order valence-corrected chi connectivity index (χ3v) is 9.22. The van der Waals surface area contributed by atoms with Crippen molar-refractivity contribution in [1.29, 1.82) is 0 Å². The number of carbonyl (C=O) groups excluding carboxylic acids is 1. The zero-order chi connectivity index (χ0) is 28.9. The zero-order valence-corrected chi connectivity index (χ0v) is 23.9. The maximum atomic E-state index is 13.6. The molecule has 0 aromatic heterocycles. The average molecular weight is 600 g/mol. The van der Waals surface area contributed by atoms with Crippen LogP contribution in [0.3, 0.4) is 0 Å². The van der Waals surface area contributed by atoms with Crippen LogP contribution in [0.25, 0.3) is 0 Å². The van der Waals surface area contributed by atoms with E-state index >= 15 is 0 Å². The molecule has 0 heterocycles. The first-order chi connectivity index (χ1) is 19.0. The second kappa shape index (κ2) is 12.0. The van der Waals surface area contributed by atoms with Crippen LogP contribution in [0.5, 0.6) is 5.75 Å². The Morgan fingerprint density at radius 3 is 2.05 bits per heavy atom. The molecule has 208 valence electrons. The Morgan fingerprint density at radius 2 is 1.43 bits per heavy atom. The molecule has 4 aromatic carbocycles. The molecule has 0 radical (unpaired) electrons. The highest BCUT2D eigenvalue weighted by atomic mass is 35.5. The summed E-state index contributed by atoms with van der Waals surface area (Å²) < 4.78 is 61.3. The van der Waals surface area contributed by atoms with E-state index in [-0.39, 0.29) is 21.2 Å². The first kappa shape index (κ1) is 28.9. The van der Waals surface area contributed by atoms with Gasteiger partial charge in [0, 0.05) is 22.5 Å². The number of anilines is 3. The number of benzene rings is 4. The van der Waals surface area contributed by atoms with Crippen molar-refractivity contribution < 1.29 is 26.4 Å². The van der Waals surface area contributed by atoms with Gasteiger partial charge in [0.15, 0.2) is 0 Å². The number of hydrogen-bond acceptors (Lipinski definition) is 6. The van der Waals surface area contributed by atoms with Gasteiger partial charge < -0.3 is 10.1 Å². The molecule has 2 N–H and O–H groups in total. The molecule has 0 unspecified atom stereocenters. The molecule has 0 spiro atoms. The molecule has 0 aliphatic carbocycles. The normalized spacial score (nSPS) is 11.5. The highest BCUT2D eigenvalue weighted by Gasteiger charge is 2.27. The van der Waals surface area contributed by atoms with Crippen LogP contribution in [-0.2, 0) is 24.8 Å². The van der Waals surface area contributed by atoms with E-state index in [1.807, 2.05) is 6.92 Å². The van der Waals surface area contributed by atoms with Crippen molar-refractivity contribution in [2.24, 2.45) is 0 Å². The Balaban J connectivity index is 1.54. The number of aryl methyl sites for hydroxylation is 1. The van der Waals surface area contributed by atoms with Crippen molar-refractivity contribution in [3.05, 3.63) is 108 Å². The molecule has 4 aromatic rings. The molecule has 4 rings (SSSR count). The number of amides is 1. The first-order valence-electron chi connectivity index (χ1n) is 11.9. The number of halogens is 1. The van der Waals surface area contributed by atoms with Crippen LogP contribution in [0, 0.1) is 6.92 Å². The summed E-state index contributed by atoms with van der Waals surface area (Å²) in [5, 5.41) is 3.10. The van der Waals surface area contributed by atoms with E-state index in [2.05, 4.69) is 10.0 Å². The Labute approximate surface area is 238 Å². The molecule has 12 heteroatoms. The molecule has 0 bridgehead atoms. The number of hydrogen-bond donors (Lipinski definition) is 2. The quantitative estimate of drug-likeness (QED) is 0.255. The molecule has 40 heavy (non-hydrogen) atoms. The topological polar surface area (TPSA) is 122 Å². The number of nitrogens with zero attached hydrogens (tertiary/aromatic N) is 1. The summed E-state index contributed by atoms with van der Waals surface area (Å²) in [4.78, 5) is 13.0. The predicted octanol–water partition coefficient (Wildman–Crippen LogP) is 5.29. The number of sulfonamides is 2. The average Bonchev–Trinajstić information content (AvgIpc) is 2.93. The Bertz CT molecular complexity index is 1710. The van der Waals surface area contributed by atoms with Crippen molar-refractivity contribution in [1.82, 2.24) is 0 Å². The molecule has 0 fully saturated rings. The lowest BCUT2D eigenvalue weighted by Gasteiger charge is -2.24. The van der Waals surface area contributed by atoms with Gasteiger partial charge in [0.05, 0.1) is 22.6 Å². The molecule has 9 nitrogen and oxygen atoms in total. The lowest BCUT2D eigenvalue weighted by atomic mass is 10.2. The van der Waals surface area contributed by atoms with Gasteiger partial charge in [-0.05, 0) is 79.7 Å². The molecular weight excluding hydrogens is 574 g/mol. The van der Waals surface area contributed by atoms with Gasteiger partial charge in [0.1, 0.15) is 12.3 Å². The maximum Gasteiger partial charge on any atom is 0.264 e. The van der Waals surface area contributed by atoms with Crippen LogP contribution < -0.4 is 19.1 Å². The minimum Gasteiger partial charge on any atom is -0.497 e. The van der Waals surface area contributed by atoms with Crippen LogP contribution in [0.1, 0.15) is 5.56 Å². The summed E-state index contributed by atoms with van der Waals surface area (Å²) >= 11 is 5.85. The smallest absolute Gasteiger partial charge is 0.264 e. The fraction of sp³-hybridized carbons (Fsp3) is 0.107. The fourth-order valence-corrected chi connectivity index (χ4v) is 6.30. The van der Waals surface area contributed by atoms with E-state index in [0.717, 1.165) is 9.87 Å². The van der Waals surface area contributed by atoms with Gasteiger partial charge >= 0.3 is 0 Å². The summed E-state index contributed by atoms with van der Waals surface area (Å²) in [6, 6.07) is 24.4. The van der Waals surface area contributed by atoms with E-state index in [1.165, 1.54) is 61.7 Å².